The van der Waals surface area contributed by atoms with E-state index in [9.17, 15) is 5.21 Å². The van der Waals surface area contributed by atoms with E-state index < -0.39 is 0 Å². The Morgan fingerprint density at radius 1 is 0.833 bits per heavy atom. The maximum Gasteiger partial charge on any atom is 0.0558 e. The van der Waals surface area contributed by atoms with Crippen LogP contribution in [0.5, 0.6) is 0 Å². The molecule has 0 aliphatic carbocycles. The van der Waals surface area contributed by atoms with Crippen LogP contribution in [0.25, 0.3) is 0 Å². The van der Waals surface area contributed by atoms with Crippen molar-refractivity contribution in [1.82, 2.24) is 10.8 Å². The summed E-state index contributed by atoms with van der Waals surface area (Å²) < 4.78 is 0. The molecule has 0 spiro atoms. The van der Waals surface area contributed by atoms with Gasteiger partial charge >= 0.3 is 0 Å². The molecule has 3 heteroatoms. The summed E-state index contributed by atoms with van der Waals surface area (Å²) in [6.45, 7) is 8.42. The molecule has 3 unspecified atom stereocenters. The van der Waals surface area contributed by atoms with E-state index in [1.165, 1.54) is 22.3 Å². The van der Waals surface area contributed by atoms with Crippen molar-refractivity contribution in [2.45, 2.75) is 39.8 Å². The van der Waals surface area contributed by atoms with Crippen molar-refractivity contribution >= 4 is 0 Å². The first kappa shape index (κ1) is 16.7. The van der Waals surface area contributed by atoms with Crippen molar-refractivity contribution < 1.29 is 5.21 Å². The van der Waals surface area contributed by atoms with Gasteiger partial charge in [0, 0.05) is 17.7 Å². The lowest BCUT2D eigenvalue weighted by atomic mass is 9.81. The number of nitrogens with one attached hydrogen (secondary N) is 2. The van der Waals surface area contributed by atoms with Crippen molar-refractivity contribution in [2.75, 3.05) is 0 Å². The molecule has 1 heterocycles. The largest absolute Gasteiger partial charge is 0.299 e. The third-order valence-corrected chi connectivity index (χ3v) is 5.13. The molecule has 2 aromatic rings. The summed E-state index contributed by atoms with van der Waals surface area (Å²) in [5.41, 5.74) is 9.47. The van der Waals surface area contributed by atoms with Crippen molar-refractivity contribution in [3.8, 4) is 0 Å². The van der Waals surface area contributed by atoms with Crippen LogP contribution in [0.4, 0.5) is 0 Å². The molecule has 0 fully saturated rings. The number of benzene rings is 2. The number of hydroxylamine groups is 1. The Hall–Kier alpha value is -2.10. The lowest BCUT2D eigenvalue weighted by Gasteiger charge is -2.39. The van der Waals surface area contributed by atoms with Gasteiger partial charge in [0.1, 0.15) is 0 Å². The highest BCUT2D eigenvalue weighted by molar-refractivity contribution is 5.37. The summed E-state index contributed by atoms with van der Waals surface area (Å²) in [6.07, 6.45) is 0. The van der Waals surface area contributed by atoms with E-state index in [0.717, 1.165) is 11.3 Å². The third kappa shape index (κ3) is 3.10. The molecule has 24 heavy (non-hydrogen) atoms. The van der Waals surface area contributed by atoms with Gasteiger partial charge in [-0.2, -0.15) is 0 Å². The highest BCUT2D eigenvalue weighted by Gasteiger charge is 2.33. The zero-order chi connectivity index (χ0) is 17.3. The first-order valence-electron chi connectivity index (χ1n) is 8.51. The topological polar surface area (TPSA) is 44.3 Å². The zero-order valence-electron chi connectivity index (χ0n) is 14.8. The SMILES string of the molecule is CC1=C(NO)C(C)C(c2ccc(C)cc2)NC1c1ccc(C)cc1. The second kappa shape index (κ2) is 6.80. The maximum absolute atomic E-state index is 9.71. The van der Waals surface area contributed by atoms with Crippen LogP contribution in [-0.2, 0) is 0 Å². The molecule has 3 atom stereocenters. The lowest BCUT2D eigenvalue weighted by molar-refractivity contribution is 0.168. The van der Waals surface area contributed by atoms with E-state index in [2.05, 4.69) is 87.0 Å². The standard InChI is InChI=1S/C21H26N2O/c1-13-5-9-17(10-6-13)20-15(3)19(23-24)16(4)21(22-20)18-11-7-14(2)8-12-18/h5-12,15,20-24H,1-4H3. The molecule has 1 aliphatic heterocycles. The van der Waals surface area contributed by atoms with Gasteiger partial charge in [0.25, 0.3) is 0 Å². The van der Waals surface area contributed by atoms with Crippen molar-refractivity contribution in [3.63, 3.8) is 0 Å². The third-order valence-electron chi connectivity index (χ3n) is 5.13. The minimum absolute atomic E-state index is 0.0859. The first-order chi connectivity index (χ1) is 11.5. The van der Waals surface area contributed by atoms with Gasteiger partial charge in [0.15, 0.2) is 0 Å². The van der Waals surface area contributed by atoms with Crippen LogP contribution in [0.1, 0.15) is 48.2 Å². The average molecular weight is 322 g/mol. The minimum Gasteiger partial charge on any atom is -0.299 e. The van der Waals surface area contributed by atoms with Crippen LogP contribution in [-0.4, -0.2) is 5.21 Å². The average Bonchev–Trinajstić information content (AvgIpc) is 2.58. The summed E-state index contributed by atoms with van der Waals surface area (Å²) in [4.78, 5) is 0. The molecule has 3 N–H and O–H groups in total. The molecule has 0 amide bonds. The normalized spacial score (nSPS) is 24.1. The van der Waals surface area contributed by atoms with Gasteiger partial charge in [-0.25, -0.2) is 0 Å². The Labute approximate surface area is 144 Å². The molecule has 3 rings (SSSR count). The summed E-state index contributed by atoms with van der Waals surface area (Å²) >= 11 is 0. The molecule has 0 saturated heterocycles. The summed E-state index contributed by atoms with van der Waals surface area (Å²) in [6, 6.07) is 17.4. The van der Waals surface area contributed by atoms with Crippen LogP contribution < -0.4 is 10.8 Å². The highest BCUT2D eigenvalue weighted by Crippen LogP contribution is 2.39. The van der Waals surface area contributed by atoms with Gasteiger partial charge in [0.2, 0.25) is 0 Å². The van der Waals surface area contributed by atoms with E-state index in [1.54, 1.807) is 0 Å². The molecule has 2 aromatic carbocycles. The van der Waals surface area contributed by atoms with Crippen molar-refractivity contribution in [1.29, 1.82) is 0 Å². The summed E-state index contributed by atoms with van der Waals surface area (Å²) in [5.74, 6) is 0.166. The molecule has 0 aromatic heterocycles. The lowest BCUT2D eigenvalue weighted by Crippen LogP contribution is -2.40. The second-order valence-electron chi connectivity index (χ2n) is 6.90. The van der Waals surface area contributed by atoms with Crippen LogP contribution in [0, 0.1) is 19.8 Å². The van der Waals surface area contributed by atoms with E-state index in [0.29, 0.717) is 0 Å². The number of aryl methyl sites for hydroxylation is 2. The molecule has 0 radical (unpaired) electrons. The first-order valence-corrected chi connectivity index (χ1v) is 8.51. The molecule has 1 aliphatic rings. The van der Waals surface area contributed by atoms with Gasteiger partial charge < -0.3 is 0 Å². The van der Waals surface area contributed by atoms with Crippen LogP contribution >= 0.6 is 0 Å². The Bertz CT molecular complexity index is 731. The van der Waals surface area contributed by atoms with Gasteiger partial charge in [0.05, 0.1) is 6.04 Å². The van der Waals surface area contributed by atoms with Crippen LogP contribution in [0.3, 0.4) is 0 Å². The van der Waals surface area contributed by atoms with Crippen LogP contribution in [0.2, 0.25) is 0 Å². The second-order valence-corrected chi connectivity index (χ2v) is 6.90. The molecular weight excluding hydrogens is 296 g/mol. The van der Waals surface area contributed by atoms with Crippen LogP contribution in [0.15, 0.2) is 59.8 Å². The van der Waals surface area contributed by atoms with Crippen molar-refractivity contribution in [2.24, 2.45) is 5.92 Å². The van der Waals surface area contributed by atoms with Gasteiger partial charge in [-0.05, 0) is 37.5 Å². The molecule has 0 saturated carbocycles. The fourth-order valence-corrected chi connectivity index (χ4v) is 3.58. The minimum atomic E-state index is 0.0859. The number of rotatable bonds is 3. The quantitative estimate of drug-likeness (QED) is 0.725. The number of hydrogen-bond acceptors (Lipinski definition) is 3. The highest BCUT2D eigenvalue weighted by atomic mass is 16.5. The van der Waals surface area contributed by atoms with Gasteiger partial charge in [-0.1, -0.05) is 66.6 Å². The monoisotopic (exact) mass is 322 g/mol. The fraction of sp³-hybridized carbons (Fsp3) is 0.333. The number of hydrogen-bond donors (Lipinski definition) is 3. The zero-order valence-corrected chi connectivity index (χ0v) is 14.8. The molecule has 3 nitrogen and oxygen atoms in total. The smallest absolute Gasteiger partial charge is 0.0558 e. The van der Waals surface area contributed by atoms with Crippen molar-refractivity contribution in [3.05, 3.63) is 82.1 Å². The van der Waals surface area contributed by atoms with E-state index in [4.69, 9.17) is 0 Å². The van der Waals surface area contributed by atoms with E-state index in [-0.39, 0.29) is 18.0 Å². The molecule has 126 valence electrons. The maximum atomic E-state index is 9.71. The van der Waals surface area contributed by atoms with E-state index in [1.807, 2.05) is 0 Å². The Kier molecular flexibility index (Phi) is 4.74. The fourth-order valence-electron chi connectivity index (χ4n) is 3.58. The molecular formula is C21H26N2O. The van der Waals surface area contributed by atoms with Gasteiger partial charge in [-0.3, -0.25) is 16.0 Å². The van der Waals surface area contributed by atoms with Gasteiger partial charge in [-0.15, -0.1) is 0 Å². The Morgan fingerprint density at radius 2 is 1.33 bits per heavy atom. The Balaban J connectivity index is 2.01. The Morgan fingerprint density at radius 3 is 1.83 bits per heavy atom. The predicted molar refractivity (Wildman–Crippen MR) is 97.8 cm³/mol. The van der Waals surface area contributed by atoms with E-state index >= 15 is 0 Å². The summed E-state index contributed by atoms with van der Waals surface area (Å²) in [5, 5.41) is 13.5. The predicted octanol–water partition coefficient (Wildman–Crippen LogP) is 4.58. The summed E-state index contributed by atoms with van der Waals surface area (Å²) in [7, 11) is 0. The molecule has 0 bridgehead atoms.